The first-order chi connectivity index (χ1) is 25.7. The van der Waals surface area contributed by atoms with Gasteiger partial charge < -0.3 is 29.7 Å². The van der Waals surface area contributed by atoms with Gasteiger partial charge in [0.25, 0.3) is 10.0 Å². The van der Waals surface area contributed by atoms with Crippen LogP contribution in [0.3, 0.4) is 0 Å². The van der Waals surface area contributed by atoms with Gasteiger partial charge in [0.1, 0.15) is 10.4 Å². The zero-order valence-corrected chi connectivity index (χ0v) is 30.3. The van der Waals surface area contributed by atoms with E-state index in [2.05, 4.69) is 43.9 Å². The number of likely N-dealkylation sites (tertiary alicyclic amines) is 1. The molecule has 8 rings (SSSR count). The largest absolute Gasteiger partial charge is 0.392 e. The lowest BCUT2D eigenvalue weighted by atomic mass is 9.84. The van der Waals surface area contributed by atoms with Crippen LogP contribution in [-0.4, -0.2) is 67.3 Å². The van der Waals surface area contributed by atoms with Gasteiger partial charge in [-0.05, 0) is 60.4 Å². The topological polar surface area (TPSA) is 133 Å². The second kappa shape index (κ2) is 14.5. The number of sulfonamides is 1. The standard InChI is InChI=1S/C41H43N5O6S/c1-28-35(25-45-22-19-41(20-23-45)40(48)43-27-46(41)34-12-3-2-4-13-34)51-39(52-38(28)31-17-15-29(26-47)16-18-31)32-9-5-11-33(24-32)44-53(49,50)36-14-6-8-30-10-7-21-42-37(30)36/h2-18,21,24,28,35,38-39,44,47H,19-20,22-23,25-27H2,1H3,(H,43,48). The first-order valence-corrected chi connectivity index (χ1v) is 19.5. The average molecular weight is 734 g/mol. The number of fused-ring (bicyclic) bond motifs is 1. The molecular formula is C41H43N5O6S. The summed E-state index contributed by atoms with van der Waals surface area (Å²) in [6.07, 6.45) is 1.60. The molecule has 3 N–H and O–H groups in total. The monoisotopic (exact) mass is 733 g/mol. The minimum absolute atomic E-state index is 0.0433. The summed E-state index contributed by atoms with van der Waals surface area (Å²) in [6, 6.07) is 33.7. The number of aliphatic hydroxyl groups is 1. The maximum atomic E-state index is 13.7. The van der Waals surface area contributed by atoms with Crippen LogP contribution in [-0.2, 0) is 30.9 Å². The molecule has 4 aromatic carbocycles. The Labute approximate surface area is 309 Å². The van der Waals surface area contributed by atoms with E-state index in [1.807, 2.05) is 60.7 Å². The van der Waals surface area contributed by atoms with E-state index >= 15 is 0 Å². The highest BCUT2D eigenvalue weighted by Crippen LogP contribution is 2.43. The van der Waals surface area contributed by atoms with E-state index < -0.39 is 21.9 Å². The number of aromatic nitrogens is 1. The number of ether oxygens (including phenoxy) is 2. The third kappa shape index (κ3) is 6.89. The number of nitrogens with one attached hydrogen (secondary N) is 2. The van der Waals surface area contributed by atoms with Gasteiger partial charge in [0.2, 0.25) is 5.91 Å². The molecule has 11 nitrogen and oxygen atoms in total. The molecule has 3 aliphatic rings. The van der Waals surface area contributed by atoms with Gasteiger partial charge in [0.15, 0.2) is 6.29 Å². The third-order valence-electron chi connectivity index (χ3n) is 10.9. The summed E-state index contributed by atoms with van der Waals surface area (Å²) in [5, 5.41) is 13.5. The normalized spacial score (nSPS) is 23.3. The van der Waals surface area contributed by atoms with Crippen molar-refractivity contribution < 1.29 is 27.8 Å². The van der Waals surface area contributed by atoms with Gasteiger partial charge >= 0.3 is 0 Å². The molecule has 4 atom stereocenters. The van der Waals surface area contributed by atoms with Crippen molar-refractivity contribution in [3.8, 4) is 0 Å². The van der Waals surface area contributed by atoms with Crippen molar-refractivity contribution in [3.05, 3.63) is 132 Å². The van der Waals surface area contributed by atoms with Crippen molar-refractivity contribution in [3.63, 3.8) is 0 Å². The molecule has 12 heteroatoms. The van der Waals surface area contributed by atoms with Crippen molar-refractivity contribution in [1.82, 2.24) is 15.2 Å². The highest BCUT2D eigenvalue weighted by atomic mass is 32.2. The molecule has 3 saturated heterocycles. The van der Waals surface area contributed by atoms with Gasteiger partial charge in [-0.25, -0.2) is 8.42 Å². The Morgan fingerprint density at radius 3 is 2.43 bits per heavy atom. The Hall–Kier alpha value is -4.85. The zero-order chi connectivity index (χ0) is 36.6. The van der Waals surface area contributed by atoms with Crippen LogP contribution in [0.2, 0.25) is 0 Å². The number of rotatable bonds is 9. The van der Waals surface area contributed by atoms with E-state index in [1.165, 1.54) is 0 Å². The maximum absolute atomic E-state index is 13.7. The number of carbonyl (C=O) groups is 1. The summed E-state index contributed by atoms with van der Waals surface area (Å²) < 4.78 is 43.5. The fourth-order valence-corrected chi connectivity index (χ4v) is 9.20. The first-order valence-electron chi connectivity index (χ1n) is 18.0. The van der Waals surface area contributed by atoms with Crippen molar-refractivity contribution >= 4 is 38.2 Å². The van der Waals surface area contributed by atoms with Gasteiger partial charge in [-0.2, -0.15) is 0 Å². The predicted octanol–water partition coefficient (Wildman–Crippen LogP) is 5.75. The van der Waals surface area contributed by atoms with Crippen molar-refractivity contribution in [2.75, 3.05) is 35.9 Å². The lowest BCUT2D eigenvalue weighted by molar-refractivity contribution is -0.276. The fourth-order valence-electron chi connectivity index (χ4n) is 7.97. The minimum atomic E-state index is -3.97. The van der Waals surface area contributed by atoms with Gasteiger partial charge in [-0.15, -0.1) is 0 Å². The summed E-state index contributed by atoms with van der Waals surface area (Å²) in [5.41, 5.74) is 3.67. The molecule has 0 radical (unpaired) electrons. The Morgan fingerprint density at radius 2 is 1.66 bits per heavy atom. The van der Waals surface area contributed by atoms with Crippen LogP contribution in [0, 0.1) is 5.92 Å². The van der Waals surface area contributed by atoms with E-state index in [9.17, 15) is 18.3 Å². The van der Waals surface area contributed by atoms with Gasteiger partial charge in [-0.1, -0.05) is 79.7 Å². The minimum Gasteiger partial charge on any atom is -0.392 e. The average Bonchev–Trinajstić information content (AvgIpc) is 3.50. The van der Waals surface area contributed by atoms with Gasteiger partial charge in [0.05, 0.1) is 31.0 Å². The number of benzene rings is 4. The number of amides is 1. The number of carbonyl (C=O) groups excluding carboxylic acids is 1. The van der Waals surface area contributed by atoms with E-state index in [0.717, 1.165) is 35.3 Å². The first kappa shape index (κ1) is 35.2. The zero-order valence-electron chi connectivity index (χ0n) is 29.5. The quantitative estimate of drug-likeness (QED) is 0.173. The number of pyridine rings is 1. The number of para-hydroxylation sites is 2. The number of hydrogen-bond acceptors (Lipinski definition) is 9. The third-order valence-corrected chi connectivity index (χ3v) is 12.4. The second-order valence-corrected chi connectivity index (χ2v) is 15.8. The summed E-state index contributed by atoms with van der Waals surface area (Å²) in [5.74, 6) is 0.0358. The van der Waals surface area contributed by atoms with Gasteiger partial charge in [0, 0.05) is 54.1 Å². The number of piperidine rings is 1. The second-order valence-electron chi connectivity index (χ2n) is 14.1. The molecule has 274 valence electrons. The van der Waals surface area contributed by atoms with E-state index in [0.29, 0.717) is 42.8 Å². The number of anilines is 2. The molecule has 3 aliphatic heterocycles. The van der Waals surface area contributed by atoms with Crippen LogP contribution < -0.4 is 14.9 Å². The Kier molecular flexibility index (Phi) is 9.64. The summed E-state index contributed by atoms with van der Waals surface area (Å²) in [7, 11) is -3.97. The van der Waals surface area contributed by atoms with Crippen LogP contribution in [0.1, 0.15) is 48.8 Å². The number of aliphatic hydroxyl groups excluding tert-OH is 1. The molecule has 4 unspecified atom stereocenters. The van der Waals surface area contributed by atoms with Crippen LogP contribution >= 0.6 is 0 Å². The van der Waals surface area contributed by atoms with Crippen molar-refractivity contribution in [2.24, 2.45) is 5.92 Å². The smallest absolute Gasteiger partial charge is 0.264 e. The van der Waals surface area contributed by atoms with E-state index in [1.54, 1.807) is 42.6 Å². The molecule has 53 heavy (non-hydrogen) atoms. The Morgan fingerprint density at radius 1 is 0.906 bits per heavy atom. The van der Waals surface area contributed by atoms with E-state index in [4.69, 9.17) is 9.47 Å². The van der Waals surface area contributed by atoms with Crippen LogP contribution in [0.4, 0.5) is 11.4 Å². The molecular weight excluding hydrogens is 691 g/mol. The fraction of sp³-hybridized carbons (Fsp3) is 0.317. The SMILES string of the molecule is CC1C(CN2CCC3(CC2)C(=O)NCN3c2ccccc2)OC(c2cccc(NS(=O)(=O)c3cccc4cccnc34)c2)OC1c1ccc(CO)cc1. The lowest BCUT2D eigenvalue weighted by Crippen LogP contribution is -2.57. The molecule has 1 spiro atoms. The molecule has 0 saturated carbocycles. The number of nitrogens with zero attached hydrogens (tertiary/aromatic N) is 3. The highest BCUT2D eigenvalue weighted by Gasteiger charge is 2.51. The summed E-state index contributed by atoms with van der Waals surface area (Å²) in [6.45, 7) is 4.66. The van der Waals surface area contributed by atoms with Crippen molar-refractivity contribution in [2.45, 2.75) is 55.3 Å². The Balaban J connectivity index is 1.03. The maximum Gasteiger partial charge on any atom is 0.264 e. The molecule has 3 fully saturated rings. The molecule has 0 aliphatic carbocycles. The van der Waals surface area contributed by atoms with Crippen LogP contribution in [0.25, 0.3) is 10.9 Å². The number of hydrogen-bond donors (Lipinski definition) is 3. The molecule has 4 heterocycles. The molecule has 5 aromatic rings. The highest BCUT2D eigenvalue weighted by molar-refractivity contribution is 7.93. The van der Waals surface area contributed by atoms with Crippen LogP contribution in [0.5, 0.6) is 0 Å². The van der Waals surface area contributed by atoms with Crippen LogP contribution in [0.15, 0.2) is 120 Å². The predicted molar refractivity (Wildman–Crippen MR) is 202 cm³/mol. The van der Waals surface area contributed by atoms with Gasteiger partial charge in [-0.3, -0.25) is 14.5 Å². The lowest BCUT2D eigenvalue weighted by Gasteiger charge is -2.46. The molecule has 1 amide bonds. The summed E-state index contributed by atoms with van der Waals surface area (Å²) in [4.78, 5) is 22.3. The Bertz CT molecular complexity index is 2190. The van der Waals surface area contributed by atoms with E-state index in [-0.39, 0.29) is 35.5 Å². The molecule has 0 bridgehead atoms. The molecule has 1 aromatic heterocycles. The van der Waals surface area contributed by atoms with Crippen molar-refractivity contribution in [1.29, 1.82) is 0 Å². The summed E-state index contributed by atoms with van der Waals surface area (Å²) >= 11 is 0.